The Morgan fingerprint density at radius 2 is 2.06 bits per heavy atom. The van der Waals surface area contributed by atoms with Gasteiger partial charge >= 0.3 is 0 Å². The van der Waals surface area contributed by atoms with E-state index in [4.69, 9.17) is 11.6 Å². The molecule has 0 bridgehead atoms. The van der Waals surface area contributed by atoms with Crippen LogP contribution in [-0.4, -0.2) is 18.0 Å². The topological polar surface area (TPSA) is 55.2 Å². The first-order valence-electron chi connectivity index (χ1n) is 5.33. The third kappa shape index (κ3) is 2.33. The van der Waals surface area contributed by atoms with Crippen molar-refractivity contribution in [3.63, 3.8) is 0 Å². The number of halogens is 1. The van der Waals surface area contributed by atoms with Gasteiger partial charge in [0.25, 0.3) is 5.69 Å². The van der Waals surface area contributed by atoms with Crippen molar-refractivity contribution in [3.8, 4) is 0 Å². The Morgan fingerprint density at radius 1 is 1.38 bits per heavy atom. The monoisotopic (exact) mass is 240 g/mol. The first-order valence-corrected chi connectivity index (χ1v) is 5.71. The SMILES string of the molecule is O=[N+]([O-])c1ccc(Cl)cc1C1CCNCC1. The highest BCUT2D eigenvalue weighted by Gasteiger charge is 2.23. The van der Waals surface area contributed by atoms with Crippen LogP contribution in [0.15, 0.2) is 18.2 Å². The van der Waals surface area contributed by atoms with Crippen LogP contribution in [0.4, 0.5) is 5.69 Å². The van der Waals surface area contributed by atoms with Crippen LogP contribution < -0.4 is 5.32 Å². The minimum atomic E-state index is -0.326. The zero-order chi connectivity index (χ0) is 11.5. The number of piperidine rings is 1. The molecule has 1 heterocycles. The van der Waals surface area contributed by atoms with Gasteiger partial charge in [-0.3, -0.25) is 10.1 Å². The molecule has 1 aliphatic rings. The molecule has 86 valence electrons. The molecule has 0 saturated carbocycles. The molecule has 1 aliphatic heterocycles. The maximum Gasteiger partial charge on any atom is 0.272 e. The second kappa shape index (κ2) is 4.80. The number of nitro benzene ring substituents is 1. The molecule has 16 heavy (non-hydrogen) atoms. The fraction of sp³-hybridized carbons (Fsp3) is 0.455. The van der Waals surface area contributed by atoms with Crippen molar-refractivity contribution in [2.75, 3.05) is 13.1 Å². The molecule has 2 rings (SSSR count). The number of hydrogen-bond acceptors (Lipinski definition) is 3. The van der Waals surface area contributed by atoms with Crippen LogP contribution in [0.25, 0.3) is 0 Å². The van der Waals surface area contributed by atoms with Crippen LogP contribution in [0.3, 0.4) is 0 Å². The lowest BCUT2D eigenvalue weighted by molar-refractivity contribution is -0.385. The van der Waals surface area contributed by atoms with Crippen LogP contribution in [0.5, 0.6) is 0 Å². The molecule has 1 aromatic carbocycles. The maximum absolute atomic E-state index is 10.9. The van der Waals surface area contributed by atoms with Crippen LogP contribution in [0.2, 0.25) is 5.02 Å². The lowest BCUT2D eigenvalue weighted by atomic mass is 9.89. The molecule has 0 atom stereocenters. The molecule has 1 aromatic rings. The lowest BCUT2D eigenvalue weighted by Crippen LogP contribution is -2.26. The molecule has 0 unspecified atom stereocenters. The molecule has 0 amide bonds. The number of hydrogen-bond donors (Lipinski definition) is 1. The van der Waals surface area contributed by atoms with E-state index < -0.39 is 0 Å². The molecular weight excluding hydrogens is 228 g/mol. The fourth-order valence-corrected chi connectivity index (χ4v) is 2.33. The van der Waals surface area contributed by atoms with Crippen LogP contribution >= 0.6 is 11.6 Å². The maximum atomic E-state index is 10.9. The summed E-state index contributed by atoms with van der Waals surface area (Å²) in [7, 11) is 0. The van der Waals surface area contributed by atoms with Crippen molar-refractivity contribution in [1.82, 2.24) is 5.32 Å². The first-order chi connectivity index (χ1) is 7.68. The van der Waals surface area contributed by atoms with Crippen molar-refractivity contribution in [1.29, 1.82) is 0 Å². The molecule has 1 fully saturated rings. The number of benzene rings is 1. The molecule has 0 radical (unpaired) electrons. The normalized spacial score (nSPS) is 17.3. The second-order valence-electron chi connectivity index (χ2n) is 3.98. The Hall–Kier alpha value is -1.13. The Kier molecular flexibility index (Phi) is 3.41. The summed E-state index contributed by atoms with van der Waals surface area (Å²) in [4.78, 5) is 10.6. The molecule has 0 aliphatic carbocycles. The molecule has 5 heteroatoms. The molecular formula is C11H13ClN2O2. The number of nitrogens with one attached hydrogen (secondary N) is 1. The predicted octanol–water partition coefficient (Wildman–Crippen LogP) is 2.72. The highest BCUT2D eigenvalue weighted by Crippen LogP contribution is 2.34. The molecule has 0 spiro atoms. The van der Waals surface area contributed by atoms with Crippen LogP contribution in [0.1, 0.15) is 24.3 Å². The quantitative estimate of drug-likeness (QED) is 0.639. The van der Waals surface area contributed by atoms with Gasteiger partial charge in [0.1, 0.15) is 0 Å². The van der Waals surface area contributed by atoms with Gasteiger partial charge in [-0.25, -0.2) is 0 Å². The predicted molar refractivity (Wildman–Crippen MR) is 63.0 cm³/mol. The summed E-state index contributed by atoms with van der Waals surface area (Å²) in [6, 6.07) is 4.81. The Morgan fingerprint density at radius 3 is 2.69 bits per heavy atom. The van der Waals surface area contributed by atoms with Gasteiger partial charge in [0, 0.05) is 16.7 Å². The molecule has 4 nitrogen and oxygen atoms in total. The zero-order valence-corrected chi connectivity index (χ0v) is 9.54. The first kappa shape index (κ1) is 11.4. The van der Waals surface area contributed by atoms with Gasteiger partial charge in [-0.2, -0.15) is 0 Å². The number of nitro groups is 1. The Bertz CT molecular complexity index is 403. The van der Waals surface area contributed by atoms with Gasteiger partial charge in [-0.15, -0.1) is 0 Å². The van der Waals surface area contributed by atoms with E-state index in [0.717, 1.165) is 31.5 Å². The van der Waals surface area contributed by atoms with Gasteiger partial charge in [-0.1, -0.05) is 11.6 Å². The van der Waals surface area contributed by atoms with E-state index in [-0.39, 0.29) is 16.5 Å². The van der Waals surface area contributed by atoms with E-state index in [2.05, 4.69) is 5.32 Å². The molecule has 1 saturated heterocycles. The van der Waals surface area contributed by atoms with E-state index >= 15 is 0 Å². The summed E-state index contributed by atoms with van der Waals surface area (Å²) in [5, 5.41) is 14.7. The van der Waals surface area contributed by atoms with Crippen LogP contribution in [-0.2, 0) is 0 Å². The average molecular weight is 241 g/mol. The summed E-state index contributed by atoms with van der Waals surface area (Å²) in [5.74, 6) is 0.250. The van der Waals surface area contributed by atoms with Crippen molar-refractivity contribution in [2.24, 2.45) is 0 Å². The average Bonchev–Trinajstić information content (AvgIpc) is 2.29. The van der Waals surface area contributed by atoms with Crippen molar-refractivity contribution in [3.05, 3.63) is 38.9 Å². The van der Waals surface area contributed by atoms with E-state index in [1.165, 1.54) is 6.07 Å². The van der Waals surface area contributed by atoms with E-state index in [1.54, 1.807) is 12.1 Å². The van der Waals surface area contributed by atoms with Gasteiger partial charge in [-0.05, 0) is 44.0 Å². The standard InChI is InChI=1S/C11H13ClN2O2/c12-9-1-2-11(14(15)16)10(7-9)8-3-5-13-6-4-8/h1-2,7-8,13H,3-6H2. The Labute approximate surface area is 98.8 Å². The third-order valence-electron chi connectivity index (χ3n) is 2.97. The second-order valence-corrected chi connectivity index (χ2v) is 4.42. The van der Waals surface area contributed by atoms with Gasteiger partial charge in [0.15, 0.2) is 0 Å². The largest absolute Gasteiger partial charge is 0.317 e. The van der Waals surface area contributed by atoms with Gasteiger partial charge in [0.2, 0.25) is 0 Å². The summed E-state index contributed by atoms with van der Waals surface area (Å²) in [5.41, 5.74) is 0.968. The highest BCUT2D eigenvalue weighted by atomic mass is 35.5. The van der Waals surface area contributed by atoms with Crippen LogP contribution in [0, 0.1) is 10.1 Å². The van der Waals surface area contributed by atoms with E-state index in [9.17, 15) is 10.1 Å². The van der Waals surface area contributed by atoms with Gasteiger partial charge < -0.3 is 5.32 Å². The van der Waals surface area contributed by atoms with E-state index in [1.807, 2.05) is 0 Å². The molecule has 1 N–H and O–H groups in total. The number of rotatable bonds is 2. The summed E-state index contributed by atoms with van der Waals surface area (Å²) in [6.45, 7) is 1.82. The van der Waals surface area contributed by atoms with Gasteiger partial charge in [0.05, 0.1) is 4.92 Å². The zero-order valence-electron chi connectivity index (χ0n) is 8.78. The molecule has 0 aromatic heterocycles. The minimum absolute atomic E-state index is 0.191. The highest BCUT2D eigenvalue weighted by molar-refractivity contribution is 6.30. The summed E-state index contributed by atoms with van der Waals surface area (Å²) in [6.07, 6.45) is 1.86. The fourth-order valence-electron chi connectivity index (χ4n) is 2.15. The van der Waals surface area contributed by atoms with Crippen molar-refractivity contribution >= 4 is 17.3 Å². The summed E-state index contributed by atoms with van der Waals surface area (Å²) >= 11 is 5.90. The summed E-state index contributed by atoms with van der Waals surface area (Å²) < 4.78 is 0. The smallest absolute Gasteiger partial charge is 0.272 e. The van der Waals surface area contributed by atoms with Crippen molar-refractivity contribution in [2.45, 2.75) is 18.8 Å². The third-order valence-corrected chi connectivity index (χ3v) is 3.20. The lowest BCUT2D eigenvalue weighted by Gasteiger charge is -2.22. The van der Waals surface area contributed by atoms with Crippen molar-refractivity contribution < 1.29 is 4.92 Å². The minimum Gasteiger partial charge on any atom is -0.317 e. The van der Waals surface area contributed by atoms with E-state index in [0.29, 0.717) is 5.02 Å². The number of nitrogens with zero attached hydrogens (tertiary/aromatic N) is 1. The Balaban J connectivity index is 2.36.